The third-order valence-corrected chi connectivity index (χ3v) is 3.27. The molecule has 0 amide bonds. The molecule has 1 unspecified atom stereocenters. The quantitative estimate of drug-likeness (QED) is 0.746. The van der Waals surface area contributed by atoms with Crippen LogP contribution in [0.1, 0.15) is 31.7 Å². The van der Waals surface area contributed by atoms with E-state index in [2.05, 4.69) is 0 Å². The van der Waals surface area contributed by atoms with Crippen molar-refractivity contribution < 1.29 is 24.6 Å². The Balaban J connectivity index is 2.94. The van der Waals surface area contributed by atoms with Gasteiger partial charge in [0.2, 0.25) is 5.92 Å². The first kappa shape index (κ1) is 15.9. The third kappa shape index (κ3) is 3.91. The monoisotopic (exact) mass is 278 g/mol. The van der Waals surface area contributed by atoms with Gasteiger partial charge in [-0.3, -0.25) is 14.4 Å². The van der Waals surface area contributed by atoms with E-state index in [9.17, 15) is 14.4 Å². The molecule has 5 nitrogen and oxygen atoms in total. The molecule has 0 aliphatic heterocycles. The number of rotatable bonds is 7. The fraction of sp³-hybridized carbons (Fsp3) is 0.400. The average Bonchev–Trinajstić information content (AvgIpc) is 2.35. The van der Waals surface area contributed by atoms with Gasteiger partial charge in [0.15, 0.2) is 5.78 Å². The minimum atomic E-state index is -1.99. The molecule has 1 rings (SSSR count). The van der Waals surface area contributed by atoms with Gasteiger partial charge in [-0.1, -0.05) is 44.2 Å². The van der Waals surface area contributed by atoms with Gasteiger partial charge in [-0.25, -0.2) is 0 Å². The number of carbonyl (C=O) groups excluding carboxylic acids is 1. The zero-order valence-electron chi connectivity index (χ0n) is 11.4. The number of benzene rings is 1. The van der Waals surface area contributed by atoms with E-state index < -0.39 is 23.6 Å². The van der Waals surface area contributed by atoms with Gasteiger partial charge in [-0.05, 0) is 17.4 Å². The van der Waals surface area contributed by atoms with Crippen LogP contribution in [0.3, 0.4) is 0 Å². The maximum atomic E-state index is 12.0. The molecule has 5 heteroatoms. The molecule has 0 aromatic heterocycles. The van der Waals surface area contributed by atoms with Gasteiger partial charge in [0, 0.05) is 6.42 Å². The van der Waals surface area contributed by atoms with Crippen LogP contribution in [-0.2, 0) is 14.4 Å². The Bertz CT molecular complexity index is 478. The number of carboxylic acid groups (broad SMARTS) is 2. The summed E-state index contributed by atoms with van der Waals surface area (Å²) in [4.78, 5) is 33.7. The van der Waals surface area contributed by atoms with Crippen molar-refractivity contribution in [3.8, 4) is 0 Å². The van der Waals surface area contributed by atoms with Gasteiger partial charge in [-0.2, -0.15) is 0 Å². The van der Waals surface area contributed by atoms with Gasteiger partial charge in [0.05, 0.1) is 0 Å². The van der Waals surface area contributed by atoms with Gasteiger partial charge < -0.3 is 10.2 Å². The van der Waals surface area contributed by atoms with Crippen LogP contribution in [0.15, 0.2) is 30.3 Å². The van der Waals surface area contributed by atoms with Gasteiger partial charge in [-0.15, -0.1) is 0 Å². The van der Waals surface area contributed by atoms with Crippen LogP contribution >= 0.6 is 0 Å². The Hall–Kier alpha value is -2.17. The number of carboxylic acids is 2. The molecule has 0 aliphatic carbocycles. The normalized spacial score (nSPS) is 12.4. The summed E-state index contributed by atoms with van der Waals surface area (Å²) in [5, 5.41) is 17.7. The van der Waals surface area contributed by atoms with Crippen LogP contribution in [0.5, 0.6) is 0 Å². The lowest BCUT2D eigenvalue weighted by Crippen LogP contribution is -2.33. The molecule has 1 aromatic rings. The van der Waals surface area contributed by atoms with E-state index in [0.29, 0.717) is 0 Å². The Labute approximate surface area is 117 Å². The number of Topliss-reactive ketones (excluding diaryl/α,β-unsaturated/α-hetero) is 1. The second-order valence-corrected chi connectivity index (χ2v) is 5.04. The average molecular weight is 278 g/mol. The highest BCUT2D eigenvalue weighted by molar-refractivity contribution is 6.14. The Kier molecular flexibility index (Phi) is 5.43. The lowest BCUT2D eigenvalue weighted by Gasteiger charge is -2.21. The minimum Gasteiger partial charge on any atom is -0.480 e. The van der Waals surface area contributed by atoms with E-state index in [-0.39, 0.29) is 18.3 Å². The Morgan fingerprint density at radius 2 is 1.50 bits per heavy atom. The summed E-state index contributed by atoms with van der Waals surface area (Å²) in [5.74, 6) is -6.07. The van der Waals surface area contributed by atoms with Crippen molar-refractivity contribution in [2.45, 2.75) is 26.2 Å². The molecule has 0 radical (unpaired) electrons. The molecule has 0 fully saturated rings. The molecule has 1 aromatic carbocycles. The van der Waals surface area contributed by atoms with Crippen molar-refractivity contribution in [3.05, 3.63) is 35.9 Å². The number of hydrogen-bond donors (Lipinski definition) is 2. The summed E-state index contributed by atoms with van der Waals surface area (Å²) in [7, 11) is 0. The molecule has 0 bridgehead atoms. The number of carbonyl (C=O) groups is 3. The third-order valence-electron chi connectivity index (χ3n) is 3.27. The van der Waals surface area contributed by atoms with Crippen molar-refractivity contribution in [2.24, 2.45) is 11.8 Å². The van der Waals surface area contributed by atoms with Gasteiger partial charge >= 0.3 is 11.9 Å². The van der Waals surface area contributed by atoms with Crippen molar-refractivity contribution in [2.75, 3.05) is 0 Å². The van der Waals surface area contributed by atoms with Crippen LogP contribution < -0.4 is 0 Å². The molecule has 0 saturated heterocycles. The molecule has 0 aliphatic rings. The summed E-state index contributed by atoms with van der Waals surface area (Å²) >= 11 is 0. The first-order valence-corrected chi connectivity index (χ1v) is 6.37. The molecule has 2 N–H and O–H groups in total. The van der Waals surface area contributed by atoms with Gasteiger partial charge in [0.25, 0.3) is 0 Å². The lowest BCUT2D eigenvalue weighted by molar-refractivity contribution is -0.157. The van der Waals surface area contributed by atoms with E-state index in [1.807, 2.05) is 44.2 Å². The summed E-state index contributed by atoms with van der Waals surface area (Å²) < 4.78 is 0. The maximum absolute atomic E-state index is 12.0. The Morgan fingerprint density at radius 3 is 1.90 bits per heavy atom. The summed E-state index contributed by atoms with van der Waals surface area (Å²) in [6.45, 7) is 3.84. The maximum Gasteiger partial charge on any atom is 0.325 e. The van der Waals surface area contributed by atoms with Crippen LogP contribution in [0.2, 0.25) is 0 Å². The second-order valence-electron chi connectivity index (χ2n) is 5.04. The van der Waals surface area contributed by atoms with Gasteiger partial charge in [0.1, 0.15) is 0 Å². The molecule has 0 saturated carbocycles. The number of hydrogen-bond acceptors (Lipinski definition) is 3. The molecule has 0 spiro atoms. The van der Waals surface area contributed by atoms with Crippen LogP contribution in [0.25, 0.3) is 0 Å². The van der Waals surface area contributed by atoms with E-state index >= 15 is 0 Å². The lowest BCUT2D eigenvalue weighted by atomic mass is 9.82. The highest BCUT2D eigenvalue weighted by Crippen LogP contribution is 2.29. The molecule has 0 heterocycles. The Morgan fingerprint density at radius 1 is 1.00 bits per heavy atom. The van der Waals surface area contributed by atoms with Crippen molar-refractivity contribution in [1.82, 2.24) is 0 Å². The SMILES string of the molecule is CC(C)C(CC(=O)C(C(=O)O)C(=O)O)c1ccccc1. The van der Waals surface area contributed by atoms with E-state index in [1.54, 1.807) is 0 Å². The summed E-state index contributed by atoms with van der Waals surface area (Å²) in [6.07, 6.45) is -0.0923. The molecular weight excluding hydrogens is 260 g/mol. The summed E-state index contributed by atoms with van der Waals surface area (Å²) in [6, 6.07) is 9.23. The van der Waals surface area contributed by atoms with Crippen LogP contribution in [-0.4, -0.2) is 27.9 Å². The van der Waals surface area contributed by atoms with Crippen molar-refractivity contribution in [3.63, 3.8) is 0 Å². The highest BCUT2D eigenvalue weighted by Gasteiger charge is 2.35. The van der Waals surface area contributed by atoms with Crippen LogP contribution in [0.4, 0.5) is 0 Å². The highest BCUT2D eigenvalue weighted by atomic mass is 16.4. The van der Waals surface area contributed by atoms with E-state index in [0.717, 1.165) is 5.56 Å². The summed E-state index contributed by atoms with van der Waals surface area (Å²) in [5.41, 5.74) is 0.908. The van der Waals surface area contributed by atoms with E-state index in [1.165, 1.54) is 0 Å². The van der Waals surface area contributed by atoms with Crippen molar-refractivity contribution in [1.29, 1.82) is 0 Å². The first-order chi connectivity index (χ1) is 9.34. The number of aliphatic carboxylic acids is 2. The molecule has 108 valence electrons. The second kappa shape index (κ2) is 6.84. The minimum absolute atomic E-state index is 0.0923. The standard InChI is InChI=1S/C15H18O5/c1-9(2)11(10-6-4-3-5-7-10)8-12(16)13(14(17)18)15(19)20/h3-7,9,11,13H,8H2,1-2H3,(H,17,18)(H,19,20). The predicted molar refractivity (Wildman–Crippen MR) is 72.4 cm³/mol. The zero-order valence-corrected chi connectivity index (χ0v) is 11.4. The molecule has 20 heavy (non-hydrogen) atoms. The fourth-order valence-corrected chi connectivity index (χ4v) is 2.15. The largest absolute Gasteiger partial charge is 0.480 e. The topological polar surface area (TPSA) is 91.7 Å². The predicted octanol–water partition coefficient (Wildman–Crippen LogP) is 2.17. The molecular formula is C15H18O5. The molecule has 1 atom stereocenters. The van der Waals surface area contributed by atoms with Crippen LogP contribution in [0, 0.1) is 11.8 Å². The smallest absolute Gasteiger partial charge is 0.325 e. The van der Waals surface area contributed by atoms with Crippen molar-refractivity contribution >= 4 is 17.7 Å². The first-order valence-electron chi connectivity index (χ1n) is 6.37. The fourth-order valence-electron chi connectivity index (χ4n) is 2.15. The van der Waals surface area contributed by atoms with E-state index in [4.69, 9.17) is 10.2 Å². The zero-order chi connectivity index (χ0) is 15.3. The number of ketones is 1.